The lowest BCUT2D eigenvalue weighted by Crippen LogP contribution is -2.39. The number of likely N-dealkylation sites (tertiary alicyclic amines) is 1. The molecular formula is C17H23N3O. The molecule has 0 saturated carbocycles. The predicted octanol–water partition coefficient (Wildman–Crippen LogP) is 2.90. The second-order valence-electron chi connectivity index (χ2n) is 6.02. The summed E-state index contributed by atoms with van der Waals surface area (Å²) < 4.78 is 5.48. The Morgan fingerprint density at radius 2 is 2.00 bits per heavy atom. The van der Waals surface area contributed by atoms with E-state index in [1.807, 2.05) is 24.3 Å². The molecule has 4 nitrogen and oxygen atoms in total. The molecule has 4 heteroatoms. The first-order valence-electron chi connectivity index (χ1n) is 7.71. The molecule has 1 aromatic carbocycles. The zero-order chi connectivity index (χ0) is 14.7. The Morgan fingerprint density at radius 3 is 2.67 bits per heavy atom. The van der Waals surface area contributed by atoms with Gasteiger partial charge < -0.3 is 10.3 Å². The van der Waals surface area contributed by atoms with Crippen LogP contribution in [0, 0.1) is 5.92 Å². The number of aromatic nitrogens is 1. The highest BCUT2D eigenvalue weighted by atomic mass is 16.5. The predicted molar refractivity (Wildman–Crippen MR) is 83.6 cm³/mol. The number of hydrogen-bond acceptors (Lipinski definition) is 4. The van der Waals surface area contributed by atoms with Gasteiger partial charge >= 0.3 is 0 Å². The standard InChI is InChI=1S/C17H23N3O/c1-13(18)14-7-9-20(10-8-14)12-16-11-17(19-21-16)15-5-3-2-4-6-15/h2-6,11,13-14H,7-10,12,18H2,1H3. The van der Waals surface area contributed by atoms with Crippen LogP contribution in [0.25, 0.3) is 11.3 Å². The van der Waals surface area contributed by atoms with Crippen LogP contribution < -0.4 is 5.73 Å². The summed E-state index contributed by atoms with van der Waals surface area (Å²) in [5.74, 6) is 1.60. The fourth-order valence-corrected chi connectivity index (χ4v) is 2.99. The minimum Gasteiger partial charge on any atom is -0.359 e. The van der Waals surface area contributed by atoms with E-state index in [1.54, 1.807) is 0 Å². The Labute approximate surface area is 125 Å². The smallest absolute Gasteiger partial charge is 0.151 e. The first kappa shape index (κ1) is 14.3. The molecule has 0 radical (unpaired) electrons. The largest absolute Gasteiger partial charge is 0.359 e. The lowest BCUT2D eigenvalue weighted by atomic mass is 9.91. The Bertz CT molecular complexity index is 556. The summed E-state index contributed by atoms with van der Waals surface area (Å²) in [4.78, 5) is 2.42. The van der Waals surface area contributed by atoms with E-state index in [0.29, 0.717) is 12.0 Å². The van der Waals surface area contributed by atoms with Crippen molar-refractivity contribution in [1.82, 2.24) is 10.1 Å². The average molecular weight is 285 g/mol. The molecule has 2 aromatic rings. The SMILES string of the molecule is CC(N)C1CCN(Cc2cc(-c3ccccc3)no2)CC1. The molecule has 1 aliphatic rings. The molecule has 21 heavy (non-hydrogen) atoms. The van der Waals surface area contributed by atoms with E-state index in [0.717, 1.165) is 36.7 Å². The molecular weight excluding hydrogens is 262 g/mol. The first-order chi connectivity index (χ1) is 10.2. The van der Waals surface area contributed by atoms with Gasteiger partial charge in [-0.05, 0) is 38.8 Å². The molecule has 1 unspecified atom stereocenters. The Balaban J connectivity index is 1.59. The third kappa shape index (κ3) is 3.52. The van der Waals surface area contributed by atoms with E-state index >= 15 is 0 Å². The number of nitrogens with zero attached hydrogens (tertiary/aromatic N) is 2. The van der Waals surface area contributed by atoms with Crippen LogP contribution in [0.1, 0.15) is 25.5 Å². The van der Waals surface area contributed by atoms with Crippen molar-refractivity contribution in [2.24, 2.45) is 11.7 Å². The number of nitrogens with two attached hydrogens (primary N) is 1. The van der Waals surface area contributed by atoms with E-state index < -0.39 is 0 Å². The van der Waals surface area contributed by atoms with E-state index in [1.165, 1.54) is 12.8 Å². The van der Waals surface area contributed by atoms with Crippen LogP contribution in [0.5, 0.6) is 0 Å². The lowest BCUT2D eigenvalue weighted by molar-refractivity contribution is 0.152. The van der Waals surface area contributed by atoms with Crippen LogP contribution in [-0.4, -0.2) is 29.2 Å². The van der Waals surface area contributed by atoms with E-state index in [9.17, 15) is 0 Å². The van der Waals surface area contributed by atoms with Crippen LogP contribution in [0.4, 0.5) is 0 Å². The van der Waals surface area contributed by atoms with Crippen LogP contribution in [0.3, 0.4) is 0 Å². The van der Waals surface area contributed by atoms with Gasteiger partial charge in [-0.3, -0.25) is 4.90 Å². The minimum atomic E-state index is 0.308. The minimum absolute atomic E-state index is 0.308. The second kappa shape index (κ2) is 6.41. The van der Waals surface area contributed by atoms with Crippen molar-refractivity contribution in [3.63, 3.8) is 0 Å². The number of benzene rings is 1. The summed E-state index contributed by atoms with van der Waals surface area (Å²) in [6.07, 6.45) is 2.36. The molecule has 112 valence electrons. The van der Waals surface area contributed by atoms with Crippen molar-refractivity contribution >= 4 is 0 Å². The molecule has 0 spiro atoms. The van der Waals surface area contributed by atoms with E-state index in [2.05, 4.69) is 29.1 Å². The maximum Gasteiger partial charge on any atom is 0.151 e. The van der Waals surface area contributed by atoms with Gasteiger partial charge in [0.25, 0.3) is 0 Å². The molecule has 1 atom stereocenters. The second-order valence-corrected chi connectivity index (χ2v) is 6.02. The van der Waals surface area contributed by atoms with Crippen molar-refractivity contribution in [3.05, 3.63) is 42.2 Å². The van der Waals surface area contributed by atoms with Crippen molar-refractivity contribution < 1.29 is 4.52 Å². The van der Waals surface area contributed by atoms with Gasteiger partial charge in [0.1, 0.15) is 5.69 Å². The molecule has 1 aliphatic heterocycles. The van der Waals surface area contributed by atoms with Crippen LogP contribution in [0.2, 0.25) is 0 Å². The Kier molecular flexibility index (Phi) is 4.36. The van der Waals surface area contributed by atoms with Gasteiger partial charge in [0.15, 0.2) is 5.76 Å². The van der Waals surface area contributed by atoms with Gasteiger partial charge in [0.2, 0.25) is 0 Å². The topological polar surface area (TPSA) is 55.3 Å². The summed E-state index contributed by atoms with van der Waals surface area (Å²) in [5.41, 5.74) is 8.00. The van der Waals surface area contributed by atoms with Gasteiger partial charge in [0, 0.05) is 17.7 Å². The summed E-state index contributed by atoms with van der Waals surface area (Å²) in [6.45, 7) is 5.13. The third-order valence-electron chi connectivity index (χ3n) is 4.38. The lowest BCUT2D eigenvalue weighted by Gasteiger charge is -2.32. The maximum atomic E-state index is 5.99. The summed E-state index contributed by atoms with van der Waals surface area (Å²) in [6, 6.07) is 12.5. The molecule has 3 rings (SSSR count). The average Bonchev–Trinajstić information content (AvgIpc) is 2.97. The van der Waals surface area contributed by atoms with Gasteiger partial charge in [-0.15, -0.1) is 0 Å². The molecule has 1 fully saturated rings. The van der Waals surface area contributed by atoms with Crippen molar-refractivity contribution in [3.8, 4) is 11.3 Å². The van der Waals surface area contributed by atoms with Gasteiger partial charge in [-0.2, -0.15) is 0 Å². The summed E-state index contributed by atoms with van der Waals surface area (Å²) >= 11 is 0. The van der Waals surface area contributed by atoms with Crippen LogP contribution in [-0.2, 0) is 6.54 Å². The molecule has 2 heterocycles. The molecule has 0 bridgehead atoms. The highest BCUT2D eigenvalue weighted by molar-refractivity contribution is 5.58. The van der Waals surface area contributed by atoms with Crippen molar-refractivity contribution in [2.75, 3.05) is 13.1 Å². The quantitative estimate of drug-likeness (QED) is 0.938. The summed E-state index contributed by atoms with van der Waals surface area (Å²) in [5, 5.41) is 4.17. The molecule has 1 aromatic heterocycles. The highest BCUT2D eigenvalue weighted by Gasteiger charge is 2.22. The summed E-state index contributed by atoms with van der Waals surface area (Å²) in [7, 11) is 0. The molecule has 2 N–H and O–H groups in total. The Morgan fingerprint density at radius 1 is 1.29 bits per heavy atom. The highest BCUT2D eigenvalue weighted by Crippen LogP contribution is 2.23. The third-order valence-corrected chi connectivity index (χ3v) is 4.38. The maximum absolute atomic E-state index is 5.99. The normalized spacial score (nSPS) is 18.8. The molecule has 1 saturated heterocycles. The van der Waals surface area contributed by atoms with Crippen molar-refractivity contribution in [1.29, 1.82) is 0 Å². The fraction of sp³-hybridized carbons (Fsp3) is 0.471. The van der Waals surface area contributed by atoms with Gasteiger partial charge in [-0.25, -0.2) is 0 Å². The number of piperidine rings is 1. The Hall–Kier alpha value is -1.65. The van der Waals surface area contributed by atoms with Crippen LogP contribution in [0.15, 0.2) is 40.9 Å². The zero-order valence-corrected chi connectivity index (χ0v) is 12.5. The number of rotatable bonds is 4. The van der Waals surface area contributed by atoms with Gasteiger partial charge in [0.05, 0.1) is 6.54 Å². The van der Waals surface area contributed by atoms with Crippen LogP contribution >= 0.6 is 0 Å². The van der Waals surface area contributed by atoms with E-state index in [4.69, 9.17) is 10.3 Å². The zero-order valence-electron chi connectivity index (χ0n) is 12.5. The van der Waals surface area contributed by atoms with E-state index in [-0.39, 0.29) is 0 Å². The molecule has 0 aliphatic carbocycles. The first-order valence-corrected chi connectivity index (χ1v) is 7.71. The number of hydrogen-bond donors (Lipinski definition) is 1. The van der Waals surface area contributed by atoms with Gasteiger partial charge in [-0.1, -0.05) is 35.5 Å². The van der Waals surface area contributed by atoms with Crippen molar-refractivity contribution in [2.45, 2.75) is 32.4 Å². The monoisotopic (exact) mass is 285 g/mol. The fourth-order valence-electron chi connectivity index (χ4n) is 2.99. The molecule has 0 amide bonds.